The molecule has 2 rings (SSSR count). The van der Waals surface area contributed by atoms with Gasteiger partial charge in [-0.2, -0.15) is 0 Å². The van der Waals surface area contributed by atoms with Gasteiger partial charge in [0.1, 0.15) is 5.75 Å². The standard InChI is InChI=1S/C16H18BrNO3/c1-9-5-14(19)10(2)4-13(9)18-8-11-6-12(17)16(20)15(7-11)21-3/h4-7,18-20H,8H2,1-3H3. The van der Waals surface area contributed by atoms with Crippen molar-refractivity contribution in [2.45, 2.75) is 20.4 Å². The number of hydrogen-bond acceptors (Lipinski definition) is 4. The third kappa shape index (κ3) is 3.42. The maximum atomic E-state index is 9.80. The van der Waals surface area contributed by atoms with Crippen molar-refractivity contribution in [2.24, 2.45) is 0 Å². The van der Waals surface area contributed by atoms with E-state index >= 15 is 0 Å². The zero-order valence-electron chi connectivity index (χ0n) is 12.2. The molecule has 0 radical (unpaired) electrons. The summed E-state index contributed by atoms with van der Waals surface area (Å²) in [7, 11) is 1.52. The Bertz CT molecular complexity index is 671. The maximum Gasteiger partial charge on any atom is 0.172 e. The van der Waals surface area contributed by atoms with Crippen LogP contribution in [0.15, 0.2) is 28.7 Å². The summed E-state index contributed by atoms with van der Waals surface area (Å²) < 4.78 is 5.73. The van der Waals surface area contributed by atoms with Crippen molar-refractivity contribution in [1.82, 2.24) is 0 Å². The summed E-state index contributed by atoms with van der Waals surface area (Å²) in [6.07, 6.45) is 0. The molecule has 0 heterocycles. The zero-order chi connectivity index (χ0) is 15.6. The summed E-state index contributed by atoms with van der Waals surface area (Å²) in [4.78, 5) is 0. The van der Waals surface area contributed by atoms with Crippen molar-refractivity contribution in [3.8, 4) is 17.2 Å². The van der Waals surface area contributed by atoms with E-state index in [1.54, 1.807) is 12.1 Å². The lowest BCUT2D eigenvalue weighted by Gasteiger charge is -2.13. The van der Waals surface area contributed by atoms with Gasteiger partial charge >= 0.3 is 0 Å². The van der Waals surface area contributed by atoms with Crippen molar-refractivity contribution in [3.05, 3.63) is 45.4 Å². The van der Waals surface area contributed by atoms with Crippen molar-refractivity contribution in [3.63, 3.8) is 0 Å². The number of nitrogens with one attached hydrogen (secondary N) is 1. The van der Waals surface area contributed by atoms with E-state index in [9.17, 15) is 10.2 Å². The van der Waals surface area contributed by atoms with Gasteiger partial charge in [-0.3, -0.25) is 0 Å². The van der Waals surface area contributed by atoms with Gasteiger partial charge < -0.3 is 20.3 Å². The summed E-state index contributed by atoms with van der Waals surface area (Å²) in [6, 6.07) is 7.28. The van der Waals surface area contributed by atoms with Gasteiger partial charge in [-0.05, 0) is 70.7 Å². The Morgan fingerprint density at radius 3 is 2.48 bits per heavy atom. The Balaban J connectivity index is 2.21. The number of methoxy groups -OCH3 is 1. The molecule has 5 heteroatoms. The van der Waals surface area contributed by atoms with E-state index in [2.05, 4.69) is 21.2 Å². The van der Waals surface area contributed by atoms with Crippen LogP contribution in [0.2, 0.25) is 0 Å². The lowest BCUT2D eigenvalue weighted by Crippen LogP contribution is -2.02. The van der Waals surface area contributed by atoms with Gasteiger partial charge in [0.25, 0.3) is 0 Å². The molecule has 2 aromatic carbocycles. The number of ether oxygens (including phenoxy) is 1. The second kappa shape index (κ2) is 6.26. The molecule has 0 aromatic heterocycles. The first-order valence-corrected chi connectivity index (χ1v) is 7.31. The van der Waals surface area contributed by atoms with Crippen LogP contribution < -0.4 is 10.1 Å². The Morgan fingerprint density at radius 1 is 1.10 bits per heavy atom. The van der Waals surface area contributed by atoms with Gasteiger partial charge in [0.2, 0.25) is 0 Å². The van der Waals surface area contributed by atoms with E-state index in [4.69, 9.17) is 4.74 Å². The van der Waals surface area contributed by atoms with Crippen LogP contribution in [0.1, 0.15) is 16.7 Å². The van der Waals surface area contributed by atoms with Crippen molar-refractivity contribution < 1.29 is 14.9 Å². The summed E-state index contributed by atoms with van der Waals surface area (Å²) in [5.74, 6) is 0.824. The molecule has 0 fully saturated rings. The molecule has 112 valence electrons. The van der Waals surface area contributed by atoms with E-state index in [0.29, 0.717) is 22.5 Å². The van der Waals surface area contributed by atoms with Crippen LogP contribution in [0, 0.1) is 13.8 Å². The van der Waals surface area contributed by atoms with Crippen LogP contribution in [0.3, 0.4) is 0 Å². The number of aryl methyl sites for hydroxylation is 2. The monoisotopic (exact) mass is 351 g/mol. The van der Waals surface area contributed by atoms with Crippen LogP contribution >= 0.6 is 15.9 Å². The summed E-state index contributed by atoms with van der Waals surface area (Å²) in [5.41, 5.74) is 3.74. The summed E-state index contributed by atoms with van der Waals surface area (Å²) >= 11 is 3.31. The Labute approximate surface area is 132 Å². The molecule has 0 amide bonds. The number of halogens is 1. The zero-order valence-corrected chi connectivity index (χ0v) is 13.8. The third-order valence-electron chi connectivity index (χ3n) is 3.33. The molecule has 0 atom stereocenters. The molecule has 0 aliphatic heterocycles. The fourth-order valence-corrected chi connectivity index (χ4v) is 2.56. The first-order chi connectivity index (χ1) is 9.92. The highest BCUT2D eigenvalue weighted by Crippen LogP contribution is 2.35. The number of phenolic OH excluding ortho intramolecular Hbond substituents is 2. The Kier molecular flexibility index (Phi) is 4.63. The number of rotatable bonds is 4. The highest BCUT2D eigenvalue weighted by molar-refractivity contribution is 9.10. The fraction of sp³-hybridized carbons (Fsp3) is 0.250. The van der Waals surface area contributed by atoms with Gasteiger partial charge in [-0.25, -0.2) is 0 Å². The van der Waals surface area contributed by atoms with E-state index in [0.717, 1.165) is 22.4 Å². The largest absolute Gasteiger partial charge is 0.508 e. The normalized spacial score (nSPS) is 10.5. The molecule has 0 bridgehead atoms. The number of phenols is 2. The average Bonchev–Trinajstić information content (AvgIpc) is 2.44. The molecular weight excluding hydrogens is 334 g/mol. The van der Waals surface area contributed by atoms with Gasteiger partial charge in [0.15, 0.2) is 11.5 Å². The molecule has 0 spiro atoms. The number of aromatic hydroxyl groups is 2. The molecule has 0 saturated heterocycles. The van der Waals surface area contributed by atoms with Crippen LogP contribution in [0.25, 0.3) is 0 Å². The van der Waals surface area contributed by atoms with Crippen molar-refractivity contribution >= 4 is 21.6 Å². The summed E-state index contributed by atoms with van der Waals surface area (Å²) in [5, 5.41) is 22.8. The molecule has 0 saturated carbocycles. The minimum atomic E-state index is 0.0953. The molecule has 2 aromatic rings. The molecule has 4 nitrogen and oxygen atoms in total. The van der Waals surface area contributed by atoms with Crippen molar-refractivity contribution in [2.75, 3.05) is 12.4 Å². The topological polar surface area (TPSA) is 61.7 Å². The molecule has 21 heavy (non-hydrogen) atoms. The molecular formula is C16H18BrNO3. The van der Waals surface area contributed by atoms with Crippen LogP contribution in [-0.4, -0.2) is 17.3 Å². The fourth-order valence-electron chi connectivity index (χ4n) is 2.07. The third-order valence-corrected chi connectivity index (χ3v) is 3.94. The molecule has 3 N–H and O–H groups in total. The smallest absolute Gasteiger partial charge is 0.172 e. The Morgan fingerprint density at radius 2 is 1.81 bits per heavy atom. The van der Waals surface area contributed by atoms with Gasteiger partial charge in [0.05, 0.1) is 11.6 Å². The van der Waals surface area contributed by atoms with Gasteiger partial charge in [-0.15, -0.1) is 0 Å². The molecule has 0 aliphatic carbocycles. The predicted molar refractivity (Wildman–Crippen MR) is 87.3 cm³/mol. The second-order valence-corrected chi connectivity index (χ2v) is 5.79. The SMILES string of the molecule is COc1cc(CNc2cc(C)c(O)cc2C)cc(Br)c1O. The minimum absolute atomic E-state index is 0.0953. The first kappa shape index (κ1) is 15.5. The van der Waals surface area contributed by atoms with E-state index < -0.39 is 0 Å². The molecule has 0 aliphatic rings. The van der Waals surface area contributed by atoms with E-state index in [1.165, 1.54) is 7.11 Å². The number of hydrogen-bond donors (Lipinski definition) is 3. The van der Waals surface area contributed by atoms with E-state index in [1.807, 2.05) is 26.0 Å². The average molecular weight is 352 g/mol. The van der Waals surface area contributed by atoms with Crippen LogP contribution in [0.5, 0.6) is 17.2 Å². The Hall–Kier alpha value is -1.88. The van der Waals surface area contributed by atoms with Gasteiger partial charge in [-0.1, -0.05) is 0 Å². The van der Waals surface area contributed by atoms with E-state index in [-0.39, 0.29) is 5.75 Å². The van der Waals surface area contributed by atoms with Crippen LogP contribution in [-0.2, 0) is 6.54 Å². The lowest BCUT2D eigenvalue weighted by molar-refractivity contribution is 0.371. The number of benzene rings is 2. The summed E-state index contributed by atoms with van der Waals surface area (Å²) in [6.45, 7) is 4.38. The first-order valence-electron chi connectivity index (χ1n) is 6.52. The highest BCUT2D eigenvalue weighted by Gasteiger charge is 2.09. The maximum absolute atomic E-state index is 9.80. The molecule has 0 unspecified atom stereocenters. The van der Waals surface area contributed by atoms with Crippen LogP contribution in [0.4, 0.5) is 5.69 Å². The number of anilines is 1. The second-order valence-electron chi connectivity index (χ2n) is 4.94. The quantitative estimate of drug-likeness (QED) is 0.725. The van der Waals surface area contributed by atoms with Gasteiger partial charge in [0, 0.05) is 12.2 Å². The minimum Gasteiger partial charge on any atom is -0.508 e. The highest BCUT2D eigenvalue weighted by atomic mass is 79.9. The lowest BCUT2D eigenvalue weighted by atomic mass is 10.1. The van der Waals surface area contributed by atoms with Crippen molar-refractivity contribution in [1.29, 1.82) is 0 Å². The predicted octanol–water partition coefficient (Wildman–Crippen LogP) is 4.10.